The summed E-state index contributed by atoms with van der Waals surface area (Å²) in [6, 6.07) is 0. The number of rotatable bonds is 2. The molecule has 0 saturated heterocycles. The van der Waals surface area contributed by atoms with Crippen molar-refractivity contribution in [3.63, 3.8) is 0 Å². The van der Waals surface area contributed by atoms with Crippen LogP contribution in [-0.2, 0) is 17.6 Å². The number of hydrogen-bond acceptors (Lipinski definition) is 3. The maximum absolute atomic E-state index is 11.8. The average molecular weight is 256 g/mol. The number of pyridine rings is 1. The Bertz CT molecular complexity index is 507. The van der Waals surface area contributed by atoms with E-state index in [9.17, 15) is 9.59 Å². The summed E-state index contributed by atoms with van der Waals surface area (Å²) < 4.78 is 4.84. The van der Waals surface area contributed by atoms with Crippen LogP contribution in [-0.4, -0.2) is 17.6 Å². The maximum Gasteiger partial charge on any atom is 0.345 e. The summed E-state index contributed by atoms with van der Waals surface area (Å²) >= 11 is 6.14. The molecule has 0 radical (unpaired) electrons. The summed E-state index contributed by atoms with van der Waals surface area (Å²) in [7, 11) is 0. The fourth-order valence-corrected chi connectivity index (χ4v) is 2.49. The lowest BCUT2D eigenvalue weighted by molar-refractivity contribution is 0.0524. The first-order chi connectivity index (χ1) is 8.15. The van der Waals surface area contributed by atoms with Crippen molar-refractivity contribution >= 4 is 17.6 Å². The van der Waals surface area contributed by atoms with Gasteiger partial charge >= 0.3 is 5.97 Å². The highest BCUT2D eigenvalue weighted by molar-refractivity contribution is 6.34. The largest absolute Gasteiger partial charge is 0.462 e. The third kappa shape index (κ3) is 2.22. The second kappa shape index (κ2) is 4.92. The van der Waals surface area contributed by atoms with Crippen molar-refractivity contribution in [1.29, 1.82) is 0 Å². The molecule has 1 heterocycles. The molecule has 0 aliphatic heterocycles. The van der Waals surface area contributed by atoms with Gasteiger partial charge in [0.15, 0.2) is 0 Å². The fourth-order valence-electron chi connectivity index (χ4n) is 2.12. The molecule has 5 heteroatoms. The number of fused-ring (bicyclic) bond motifs is 1. The normalized spacial score (nSPS) is 14.2. The Balaban J connectivity index is 2.53. The van der Waals surface area contributed by atoms with E-state index in [1.807, 2.05) is 0 Å². The summed E-state index contributed by atoms with van der Waals surface area (Å²) in [5.74, 6) is -0.646. The van der Waals surface area contributed by atoms with Gasteiger partial charge in [0.1, 0.15) is 5.56 Å². The zero-order chi connectivity index (χ0) is 12.4. The molecule has 1 N–H and O–H groups in total. The molecule has 0 amide bonds. The summed E-state index contributed by atoms with van der Waals surface area (Å²) in [5, 5.41) is 0.266. The van der Waals surface area contributed by atoms with Crippen LogP contribution in [0.3, 0.4) is 0 Å². The zero-order valence-corrected chi connectivity index (χ0v) is 10.4. The van der Waals surface area contributed by atoms with Crippen LogP contribution in [0, 0.1) is 0 Å². The van der Waals surface area contributed by atoms with Gasteiger partial charge in [-0.1, -0.05) is 11.6 Å². The van der Waals surface area contributed by atoms with Crippen LogP contribution < -0.4 is 5.56 Å². The molecule has 0 spiro atoms. The van der Waals surface area contributed by atoms with Crippen LogP contribution in [0.2, 0.25) is 5.02 Å². The van der Waals surface area contributed by atoms with Crippen molar-refractivity contribution in [1.82, 2.24) is 4.98 Å². The standard InChI is InChI=1S/C12H14ClNO3/c1-2-17-12(16)9-10(13)7-5-3-4-6-8(7)14-11(9)15/h2-6H2,1H3,(H,14,15). The molecule has 0 bridgehead atoms. The SMILES string of the molecule is CCOC(=O)c1c(Cl)c2c([nH]c1=O)CCCC2. The molecule has 1 aromatic rings. The van der Waals surface area contributed by atoms with E-state index in [-0.39, 0.29) is 17.2 Å². The quantitative estimate of drug-likeness (QED) is 0.823. The van der Waals surface area contributed by atoms with E-state index in [0.29, 0.717) is 0 Å². The molecule has 2 rings (SSSR count). The summed E-state index contributed by atoms with van der Waals surface area (Å²) in [4.78, 5) is 26.2. The van der Waals surface area contributed by atoms with E-state index in [4.69, 9.17) is 16.3 Å². The highest BCUT2D eigenvalue weighted by atomic mass is 35.5. The van der Waals surface area contributed by atoms with Gasteiger partial charge in [-0.2, -0.15) is 0 Å². The number of nitrogens with one attached hydrogen (secondary N) is 1. The topological polar surface area (TPSA) is 59.2 Å². The molecule has 17 heavy (non-hydrogen) atoms. The fraction of sp³-hybridized carbons (Fsp3) is 0.500. The van der Waals surface area contributed by atoms with Gasteiger partial charge in [-0.15, -0.1) is 0 Å². The molecule has 92 valence electrons. The molecular formula is C12H14ClNO3. The number of aryl methyl sites for hydroxylation is 1. The number of carbonyl (C=O) groups excluding carboxylic acids is 1. The highest BCUT2D eigenvalue weighted by Crippen LogP contribution is 2.27. The first-order valence-corrected chi connectivity index (χ1v) is 6.13. The van der Waals surface area contributed by atoms with Crippen LogP contribution in [0.4, 0.5) is 0 Å². The highest BCUT2D eigenvalue weighted by Gasteiger charge is 2.23. The number of halogens is 1. The number of ether oxygens (including phenoxy) is 1. The monoisotopic (exact) mass is 255 g/mol. The second-order valence-corrected chi connectivity index (χ2v) is 4.41. The first kappa shape index (κ1) is 12.2. The van der Waals surface area contributed by atoms with Gasteiger partial charge in [-0.25, -0.2) is 4.79 Å². The average Bonchev–Trinajstić information content (AvgIpc) is 2.29. The Morgan fingerprint density at radius 3 is 2.82 bits per heavy atom. The molecule has 0 atom stereocenters. The summed E-state index contributed by atoms with van der Waals surface area (Å²) in [6.45, 7) is 1.92. The lowest BCUT2D eigenvalue weighted by Gasteiger charge is -2.17. The minimum Gasteiger partial charge on any atom is -0.462 e. The Morgan fingerprint density at radius 1 is 1.41 bits per heavy atom. The van der Waals surface area contributed by atoms with E-state index >= 15 is 0 Å². The predicted octanol–water partition coefficient (Wildman–Crippen LogP) is 2.08. The molecule has 0 fully saturated rings. The van der Waals surface area contributed by atoms with Crippen molar-refractivity contribution in [2.24, 2.45) is 0 Å². The number of aromatic amines is 1. The molecular weight excluding hydrogens is 242 g/mol. The van der Waals surface area contributed by atoms with E-state index in [2.05, 4.69) is 4.98 Å². The van der Waals surface area contributed by atoms with Gasteiger partial charge in [0, 0.05) is 5.69 Å². The van der Waals surface area contributed by atoms with Gasteiger partial charge < -0.3 is 9.72 Å². The smallest absolute Gasteiger partial charge is 0.345 e. The number of carbonyl (C=O) groups is 1. The molecule has 4 nitrogen and oxygen atoms in total. The van der Waals surface area contributed by atoms with Crippen LogP contribution in [0.15, 0.2) is 4.79 Å². The van der Waals surface area contributed by atoms with Crippen molar-refractivity contribution in [3.05, 3.63) is 32.2 Å². The van der Waals surface area contributed by atoms with Gasteiger partial charge in [0.2, 0.25) is 0 Å². The Hall–Kier alpha value is -1.29. The van der Waals surface area contributed by atoms with Crippen LogP contribution in [0.1, 0.15) is 41.4 Å². The lowest BCUT2D eigenvalue weighted by atomic mass is 9.95. The third-order valence-corrected chi connectivity index (χ3v) is 3.34. The second-order valence-electron chi connectivity index (χ2n) is 4.03. The molecule has 0 aromatic carbocycles. The Labute approximate surface area is 104 Å². The summed E-state index contributed by atoms with van der Waals surface area (Å²) in [5.41, 5.74) is 1.24. The minimum atomic E-state index is -0.646. The van der Waals surface area contributed by atoms with Gasteiger partial charge in [-0.3, -0.25) is 4.79 Å². The third-order valence-electron chi connectivity index (χ3n) is 2.92. The van der Waals surface area contributed by atoms with E-state index < -0.39 is 11.5 Å². The predicted molar refractivity (Wildman–Crippen MR) is 64.7 cm³/mol. The van der Waals surface area contributed by atoms with E-state index in [1.165, 1.54) is 0 Å². The molecule has 1 aliphatic carbocycles. The Kier molecular flexibility index (Phi) is 3.52. The van der Waals surface area contributed by atoms with Gasteiger partial charge in [0.25, 0.3) is 5.56 Å². The number of H-pyrrole nitrogens is 1. The van der Waals surface area contributed by atoms with Crippen molar-refractivity contribution < 1.29 is 9.53 Å². The summed E-state index contributed by atoms with van der Waals surface area (Å²) in [6.07, 6.45) is 3.68. The molecule has 1 aliphatic rings. The molecule has 1 aromatic heterocycles. The zero-order valence-electron chi connectivity index (χ0n) is 9.64. The van der Waals surface area contributed by atoms with Crippen molar-refractivity contribution in [2.45, 2.75) is 32.6 Å². The Morgan fingerprint density at radius 2 is 2.12 bits per heavy atom. The minimum absolute atomic E-state index is 0.0610. The number of esters is 1. The number of aromatic nitrogens is 1. The lowest BCUT2D eigenvalue weighted by Crippen LogP contribution is -2.24. The van der Waals surface area contributed by atoms with Crippen LogP contribution in [0.25, 0.3) is 0 Å². The molecule has 0 saturated carbocycles. The van der Waals surface area contributed by atoms with Gasteiger partial charge in [0.05, 0.1) is 11.6 Å². The first-order valence-electron chi connectivity index (χ1n) is 5.75. The van der Waals surface area contributed by atoms with Crippen molar-refractivity contribution in [3.8, 4) is 0 Å². The van der Waals surface area contributed by atoms with E-state index in [1.54, 1.807) is 6.92 Å². The van der Waals surface area contributed by atoms with Crippen molar-refractivity contribution in [2.75, 3.05) is 6.61 Å². The van der Waals surface area contributed by atoms with Crippen LogP contribution >= 0.6 is 11.6 Å². The molecule has 0 unspecified atom stereocenters. The number of hydrogen-bond donors (Lipinski definition) is 1. The van der Waals surface area contributed by atoms with Gasteiger partial charge in [-0.05, 0) is 38.2 Å². The van der Waals surface area contributed by atoms with Crippen LogP contribution in [0.5, 0.6) is 0 Å². The maximum atomic E-state index is 11.8. The van der Waals surface area contributed by atoms with E-state index in [0.717, 1.165) is 36.9 Å².